The van der Waals surface area contributed by atoms with Gasteiger partial charge < -0.3 is 19.7 Å². The van der Waals surface area contributed by atoms with Gasteiger partial charge in [-0.2, -0.15) is 5.10 Å². The molecule has 12 nitrogen and oxygen atoms in total. The van der Waals surface area contributed by atoms with Crippen molar-refractivity contribution in [1.29, 1.82) is 0 Å². The Hall–Kier alpha value is -5.13. The maximum absolute atomic E-state index is 14.3. The molecule has 45 heavy (non-hydrogen) atoms. The number of aromatic amines is 2. The van der Waals surface area contributed by atoms with Crippen LogP contribution in [0.1, 0.15) is 45.2 Å². The second-order valence-electron chi connectivity index (χ2n) is 12.1. The van der Waals surface area contributed by atoms with Gasteiger partial charge in [-0.1, -0.05) is 36.4 Å². The average molecular weight is 615 g/mol. The number of aromatic nitrogens is 3. The summed E-state index contributed by atoms with van der Waals surface area (Å²) in [5.41, 5.74) is 2.12. The molecule has 3 N–H and O–H groups in total. The Morgan fingerprint density at radius 3 is 2.58 bits per heavy atom. The van der Waals surface area contributed by atoms with Crippen LogP contribution in [0.15, 0.2) is 59.4 Å². The number of likely N-dealkylation sites (N-methyl/N-ethyl adjacent to an activating group) is 1. The second-order valence-corrected chi connectivity index (χ2v) is 12.1. The number of ether oxygens (including phenoxy) is 2. The van der Waals surface area contributed by atoms with Gasteiger partial charge in [-0.05, 0) is 75.1 Å². The molecule has 1 aliphatic heterocycles. The number of hydrogen-bond acceptors (Lipinski definition) is 7. The summed E-state index contributed by atoms with van der Waals surface area (Å²) < 4.78 is 11.2. The number of rotatable bonds is 7. The average Bonchev–Trinajstić information content (AvgIpc) is 3.40. The number of fused-ring (bicyclic) bond motifs is 2. The van der Waals surface area contributed by atoms with E-state index in [9.17, 15) is 19.2 Å². The van der Waals surface area contributed by atoms with Crippen molar-refractivity contribution in [3.63, 3.8) is 0 Å². The molecule has 3 aromatic carbocycles. The number of H-pyrrole nitrogens is 2. The number of nitrogens with zero attached hydrogens (tertiary/aromatic N) is 3. The lowest BCUT2D eigenvalue weighted by Gasteiger charge is -2.30. The number of carbonyl (C=O) groups is 3. The SMILES string of the molecule is COc1ccc2cc(-c3n[nH]c(=O)[nH]3)ccc2c1CN1C(=O)[C@@H](NC(=O)[C@H](C)N(C)C(=O)OC(C)(C)C)CCc2ccccc21. The molecule has 5 rings (SSSR count). The summed E-state index contributed by atoms with van der Waals surface area (Å²) in [4.78, 5) is 57.4. The topological polar surface area (TPSA) is 150 Å². The first-order chi connectivity index (χ1) is 21.4. The zero-order valence-corrected chi connectivity index (χ0v) is 26.3. The van der Waals surface area contributed by atoms with Crippen molar-refractivity contribution in [3.05, 3.63) is 76.2 Å². The van der Waals surface area contributed by atoms with Gasteiger partial charge >= 0.3 is 11.8 Å². The summed E-state index contributed by atoms with van der Waals surface area (Å²) in [6, 6.07) is 15.4. The Morgan fingerprint density at radius 2 is 1.89 bits per heavy atom. The molecule has 3 amide bonds. The fourth-order valence-electron chi connectivity index (χ4n) is 5.41. The maximum Gasteiger partial charge on any atom is 0.410 e. The Morgan fingerprint density at radius 1 is 1.13 bits per heavy atom. The molecule has 0 unspecified atom stereocenters. The number of amides is 3. The molecule has 2 atom stereocenters. The molecule has 12 heteroatoms. The Balaban J connectivity index is 1.46. The number of nitrogens with one attached hydrogen (secondary N) is 3. The van der Waals surface area contributed by atoms with E-state index in [2.05, 4.69) is 20.5 Å². The highest BCUT2D eigenvalue weighted by molar-refractivity contribution is 6.02. The van der Waals surface area contributed by atoms with Gasteiger partial charge in [-0.3, -0.25) is 19.5 Å². The first-order valence-electron chi connectivity index (χ1n) is 14.8. The molecule has 2 heterocycles. The van der Waals surface area contributed by atoms with Gasteiger partial charge in [0.25, 0.3) is 0 Å². The van der Waals surface area contributed by atoms with Crippen LogP contribution >= 0.6 is 0 Å². The summed E-state index contributed by atoms with van der Waals surface area (Å²) in [5.74, 6) is 0.289. The zero-order valence-electron chi connectivity index (χ0n) is 26.3. The molecule has 1 aliphatic rings. The molecule has 0 radical (unpaired) electrons. The van der Waals surface area contributed by atoms with Crippen LogP contribution in [0.2, 0.25) is 0 Å². The lowest BCUT2D eigenvalue weighted by atomic mass is 10.00. The first kappa shape index (κ1) is 31.3. The van der Waals surface area contributed by atoms with Crippen molar-refractivity contribution in [1.82, 2.24) is 25.4 Å². The van der Waals surface area contributed by atoms with E-state index in [0.717, 1.165) is 33.2 Å². The summed E-state index contributed by atoms with van der Waals surface area (Å²) in [5, 5.41) is 11.0. The van der Waals surface area contributed by atoms with Gasteiger partial charge in [-0.25, -0.2) is 14.7 Å². The van der Waals surface area contributed by atoms with Crippen LogP contribution in [-0.2, 0) is 27.3 Å². The first-order valence-corrected chi connectivity index (χ1v) is 14.8. The van der Waals surface area contributed by atoms with E-state index < -0.39 is 35.4 Å². The van der Waals surface area contributed by atoms with Crippen molar-refractivity contribution < 1.29 is 23.9 Å². The number of anilines is 1. The van der Waals surface area contributed by atoms with E-state index in [-0.39, 0.29) is 12.5 Å². The number of para-hydroxylation sites is 1. The van der Waals surface area contributed by atoms with Gasteiger partial charge in [0, 0.05) is 23.9 Å². The smallest absolute Gasteiger partial charge is 0.410 e. The standard InChI is InChI=1S/C33H38N6O6/c1-19(38(5)32(43)45-33(2,3)4)29(40)34-25-15-12-20-9-7-8-10-26(20)39(30(25)41)18-24-23-14-11-22(28-35-31(42)37-36-28)17-21(23)13-16-27(24)44-6/h7-11,13-14,16-17,19,25H,12,15,18H2,1-6H3,(H,34,40)(H2,35,36,37,42)/t19-,25-/m0/s1. The van der Waals surface area contributed by atoms with E-state index in [1.165, 1.54) is 11.9 Å². The fraction of sp³-hybridized carbons (Fsp3) is 0.364. The third kappa shape index (κ3) is 6.69. The van der Waals surface area contributed by atoms with Gasteiger partial charge in [0.15, 0.2) is 5.82 Å². The molecule has 0 bridgehead atoms. The zero-order chi connectivity index (χ0) is 32.5. The molecule has 4 aromatic rings. The summed E-state index contributed by atoms with van der Waals surface area (Å²) >= 11 is 0. The van der Waals surface area contributed by atoms with Crippen LogP contribution in [0.4, 0.5) is 10.5 Å². The highest BCUT2D eigenvalue weighted by Crippen LogP contribution is 2.35. The highest BCUT2D eigenvalue weighted by atomic mass is 16.6. The Labute approximate surface area is 260 Å². The third-order valence-corrected chi connectivity index (χ3v) is 7.91. The van der Waals surface area contributed by atoms with E-state index >= 15 is 0 Å². The third-order valence-electron chi connectivity index (χ3n) is 7.91. The predicted octanol–water partition coefficient (Wildman–Crippen LogP) is 4.15. The largest absolute Gasteiger partial charge is 0.496 e. The van der Waals surface area contributed by atoms with E-state index in [1.54, 1.807) is 39.7 Å². The minimum atomic E-state index is -0.872. The van der Waals surface area contributed by atoms with Crippen LogP contribution in [0.5, 0.6) is 5.75 Å². The molecule has 236 valence electrons. The van der Waals surface area contributed by atoms with Crippen LogP contribution in [0, 0.1) is 0 Å². The van der Waals surface area contributed by atoms with Crippen molar-refractivity contribution >= 4 is 34.4 Å². The van der Waals surface area contributed by atoms with E-state index in [4.69, 9.17) is 9.47 Å². The Bertz CT molecular complexity index is 1810. The number of methoxy groups -OCH3 is 1. The number of aryl methyl sites for hydroxylation is 1. The molecular formula is C33H38N6O6. The quantitative estimate of drug-likeness (QED) is 0.283. The van der Waals surface area contributed by atoms with Gasteiger partial charge in [0.1, 0.15) is 23.4 Å². The fourth-order valence-corrected chi connectivity index (χ4v) is 5.41. The summed E-state index contributed by atoms with van der Waals surface area (Å²) in [7, 11) is 3.08. The molecule has 0 saturated heterocycles. The molecule has 1 aromatic heterocycles. The molecule has 0 saturated carbocycles. The maximum atomic E-state index is 14.3. The summed E-state index contributed by atoms with van der Waals surface area (Å²) in [6.45, 7) is 7.04. The van der Waals surface area contributed by atoms with Crippen molar-refractivity contribution in [2.24, 2.45) is 0 Å². The minimum Gasteiger partial charge on any atom is -0.496 e. The normalized spacial score (nSPS) is 15.6. The molecule has 0 fully saturated rings. The number of benzene rings is 3. The minimum absolute atomic E-state index is 0.175. The van der Waals surface area contributed by atoms with Crippen LogP contribution in [-0.4, -0.2) is 69.8 Å². The highest BCUT2D eigenvalue weighted by Gasteiger charge is 2.35. The van der Waals surface area contributed by atoms with Gasteiger partial charge in [0.05, 0.1) is 13.7 Å². The van der Waals surface area contributed by atoms with E-state index in [0.29, 0.717) is 24.4 Å². The summed E-state index contributed by atoms with van der Waals surface area (Å²) in [6.07, 6.45) is 0.326. The molecule has 0 aliphatic carbocycles. The Kier molecular flexibility index (Phi) is 8.67. The monoisotopic (exact) mass is 614 g/mol. The number of carbonyl (C=O) groups excluding carboxylic acids is 3. The van der Waals surface area contributed by atoms with E-state index in [1.807, 2.05) is 54.6 Å². The second kappa shape index (κ2) is 12.5. The van der Waals surface area contributed by atoms with Crippen LogP contribution in [0.25, 0.3) is 22.2 Å². The number of hydrogen-bond donors (Lipinski definition) is 3. The van der Waals surface area contributed by atoms with Gasteiger partial charge in [0.2, 0.25) is 11.8 Å². The van der Waals surface area contributed by atoms with Crippen molar-refractivity contribution in [2.45, 2.75) is 64.8 Å². The van der Waals surface area contributed by atoms with Crippen LogP contribution in [0.3, 0.4) is 0 Å². The molecule has 0 spiro atoms. The van der Waals surface area contributed by atoms with Crippen LogP contribution < -0.4 is 20.6 Å². The van der Waals surface area contributed by atoms with Crippen molar-refractivity contribution in [3.8, 4) is 17.1 Å². The van der Waals surface area contributed by atoms with Gasteiger partial charge in [-0.15, -0.1) is 0 Å². The molecular weight excluding hydrogens is 576 g/mol. The van der Waals surface area contributed by atoms with Crippen molar-refractivity contribution in [2.75, 3.05) is 19.1 Å². The lowest BCUT2D eigenvalue weighted by molar-refractivity contribution is -0.130. The predicted molar refractivity (Wildman–Crippen MR) is 170 cm³/mol. The lowest BCUT2D eigenvalue weighted by Crippen LogP contribution is -2.54.